The van der Waals surface area contributed by atoms with Gasteiger partial charge in [0.2, 0.25) is 6.33 Å². The number of aryl methyl sites for hydroxylation is 2. The van der Waals surface area contributed by atoms with Gasteiger partial charge in [-0.25, -0.2) is 9.13 Å². The van der Waals surface area contributed by atoms with Gasteiger partial charge in [0.25, 0.3) is 0 Å². The van der Waals surface area contributed by atoms with Crippen LogP contribution in [0.15, 0.2) is 43.0 Å². The second kappa shape index (κ2) is 8.67. The Hall–Kier alpha value is -1.39. The van der Waals surface area contributed by atoms with Crippen LogP contribution in [0.1, 0.15) is 6.42 Å². The summed E-state index contributed by atoms with van der Waals surface area (Å²) in [6.45, 7) is 1.94. The molecule has 4 nitrogen and oxygen atoms in total. The molecule has 19 heavy (non-hydrogen) atoms. The largest absolute Gasteiger partial charge is 1.00 e. The number of benzene rings is 1. The lowest BCUT2D eigenvalue weighted by Gasteiger charge is -2.07. The lowest BCUT2D eigenvalue weighted by atomic mass is 10.2. The van der Waals surface area contributed by atoms with Gasteiger partial charge in [-0.05, 0) is 12.1 Å². The summed E-state index contributed by atoms with van der Waals surface area (Å²) < 4.78 is 4.22. The molecule has 0 atom stereocenters. The summed E-state index contributed by atoms with van der Waals surface area (Å²) in [5.74, 6) is 0. The zero-order chi connectivity index (χ0) is 12.1. The van der Waals surface area contributed by atoms with E-state index in [4.69, 9.17) is 5.73 Å². The molecule has 3 N–H and O–H groups in total. The number of aromatic nitrogens is 2. The normalized spacial score (nSPS) is 9.32. The van der Waals surface area contributed by atoms with Gasteiger partial charge in [0, 0.05) is 13.0 Å². The first-order valence-electron chi connectivity index (χ1n) is 5.85. The van der Waals surface area contributed by atoms with Crippen molar-refractivity contribution in [3.63, 3.8) is 0 Å². The van der Waals surface area contributed by atoms with Crippen molar-refractivity contribution in [2.24, 2.45) is 7.05 Å². The minimum Gasteiger partial charge on any atom is -1.00 e. The average molecular weight is 303 g/mol. The Morgan fingerprint density at radius 1 is 1.32 bits per heavy atom. The highest BCUT2D eigenvalue weighted by Crippen LogP contribution is 2.16. The van der Waals surface area contributed by atoms with Gasteiger partial charge in [-0.3, -0.25) is 0 Å². The van der Waals surface area contributed by atoms with Gasteiger partial charge in [0.05, 0.1) is 25.0 Å². The smallest absolute Gasteiger partial charge is 0.243 e. The SMILES string of the molecule is C[n+]1ccn(CCCNc2ccccc2N)c1.Cl.[Cl-]. The molecule has 0 radical (unpaired) electrons. The maximum Gasteiger partial charge on any atom is 0.243 e. The Morgan fingerprint density at radius 3 is 2.68 bits per heavy atom. The van der Waals surface area contributed by atoms with E-state index >= 15 is 0 Å². The van der Waals surface area contributed by atoms with Crippen LogP contribution in [0.3, 0.4) is 0 Å². The number of hydrogen-bond donors (Lipinski definition) is 2. The number of nitrogens with one attached hydrogen (secondary N) is 1. The molecule has 0 spiro atoms. The summed E-state index contributed by atoms with van der Waals surface area (Å²) in [6.07, 6.45) is 7.28. The molecule has 106 valence electrons. The van der Waals surface area contributed by atoms with Crippen LogP contribution >= 0.6 is 12.4 Å². The molecule has 1 aromatic heterocycles. The number of imidazole rings is 1. The zero-order valence-electron chi connectivity index (χ0n) is 10.9. The molecule has 0 bridgehead atoms. The van der Waals surface area contributed by atoms with Crippen LogP contribution in [0.25, 0.3) is 0 Å². The first-order chi connectivity index (χ1) is 8.25. The molecule has 0 aliphatic rings. The highest BCUT2D eigenvalue weighted by atomic mass is 35.5. The van der Waals surface area contributed by atoms with Crippen molar-refractivity contribution in [1.82, 2.24) is 4.57 Å². The standard InChI is InChI=1S/C13H19N4.2ClH/c1-16-9-10-17(11-16)8-4-7-15-13-6-3-2-5-12(13)14;;/h2-3,5-6,9-11,15H,4,7-8,14H2,1H3;2*1H/q+1;;/p-1. The Labute approximate surface area is 126 Å². The molecule has 1 heterocycles. The van der Waals surface area contributed by atoms with Crippen molar-refractivity contribution >= 4 is 23.8 Å². The molecule has 2 aromatic rings. The summed E-state index contributed by atoms with van der Waals surface area (Å²) in [7, 11) is 2.03. The number of rotatable bonds is 5. The lowest BCUT2D eigenvalue weighted by Crippen LogP contribution is -3.00. The van der Waals surface area contributed by atoms with E-state index in [0.717, 1.165) is 30.9 Å². The lowest BCUT2D eigenvalue weighted by molar-refractivity contribution is -0.671. The second-order valence-corrected chi connectivity index (χ2v) is 4.18. The van der Waals surface area contributed by atoms with Gasteiger partial charge in [-0.1, -0.05) is 12.1 Å². The summed E-state index contributed by atoms with van der Waals surface area (Å²) >= 11 is 0. The zero-order valence-corrected chi connectivity index (χ0v) is 12.5. The average Bonchev–Trinajstić information content (AvgIpc) is 2.73. The molecule has 0 saturated carbocycles. The monoisotopic (exact) mass is 302 g/mol. The van der Waals surface area contributed by atoms with Crippen LogP contribution in [0.2, 0.25) is 0 Å². The highest BCUT2D eigenvalue weighted by molar-refractivity contribution is 5.85. The van der Waals surface area contributed by atoms with Gasteiger partial charge in [0.1, 0.15) is 12.4 Å². The Kier molecular flexibility index (Phi) is 8.03. The molecule has 0 amide bonds. The molecule has 2 rings (SSSR count). The number of nitrogens with two attached hydrogens (primary N) is 1. The fourth-order valence-corrected chi connectivity index (χ4v) is 1.78. The number of hydrogen-bond acceptors (Lipinski definition) is 2. The van der Waals surface area contributed by atoms with E-state index in [1.165, 1.54) is 0 Å². The van der Waals surface area contributed by atoms with Crippen LogP contribution in [0, 0.1) is 0 Å². The minimum absolute atomic E-state index is 0. The molecular weight excluding hydrogens is 283 g/mol. The van der Waals surface area contributed by atoms with Crippen molar-refractivity contribution in [3.8, 4) is 0 Å². The van der Waals surface area contributed by atoms with E-state index in [-0.39, 0.29) is 24.8 Å². The maximum absolute atomic E-state index is 5.85. The Bertz CT molecular complexity index is 485. The molecule has 0 unspecified atom stereocenters. The summed E-state index contributed by atoms with van der Waals surface area (Å²) in [4.78, 5) is 0. The van der Waals surface area contributed by atoms with Crippen molar-refractivity contribution in [2.75, 3.05) is 17.6 Å². The maximum atomic E-state index is 5.85. The fourth-order valence-electron chi connectivity index (χ4n) is 1.78. The first-order valence-corrected chi connectivity index (χ1v) is 5.85. The van der Waals surface area contributed by atoms with Crippen LogP contribution in [0.4, 0.5) is 11.4 Å². The molecule has 0 aliphatic carbocycles. The number of anilines is 2. The van der Waals surface area contributed by atoms with Crippen LogP contribution in [-0.4, -0.2) is 11.1 Å². The third-order valence-corrected chi connectivity index (χ3v) is 2.69. The number of para-hydroxylation sites is 2. The molecule has 0 aliphatic heterocycles. The van der Waals surface area contributed by atoms with Crippen LogP contribution < -0.4 is 28.0 Å². The van der Waals surface area contributed by atoms with Crippen LogP contribution in [0.5, 0.6) is 0 Å². The third-order valence-electron chi connectivity index (χ3n) is 2.69. The topological polar surface area (TPSA) is 46.9 Å². The van der Waals surface area contributed by atoms with Gasteiger partial charge in [0.15, 0.2) is 0 Å². The molecule has 1 aromatic carbocycles. The summed E-state index contributed by atoms with van der Waals surface area (Å²) in [5, 5.41) is 3.34. The second-order valence-electron chi connectivity index (χ2n) is 4.18. The van der Waals surface area contributed by atoms with E-state index < -0.39 is 0 Å². The van der Waals surface area contributed by atoms with Gasteiger partial charge in [-0.15, -0.1) is 12.4 Å². The highest BCUT2D eigenvalue weighted by Gasteiger charge is 2.00. The van der Waals surface area contributed by atoms with E-state index in [1.54, 1.807) is 0 Å². The van der Waals surface area contributed by atoms with E-state index in [2.05, 4.69) is 22.4 Å². The summed E-state index contributed by atoms with van der Waals surface area (Å²) in [6, 6.07) is 7.85. The van der Waals surface area contributed by atoms with Gasteiger partial charge < -0.3 is 23.5 Å². The van der Waals surface area contributed by atoms with Crippen molar-refractivity contribution < 1.29 is 17.0 Å². The molecule has 0 fully saturated rings. The van der Waals surface area contributed by atoms with Crippen molar-refractivity contribution in [2.45, 2.75) is 13.0 Å². The number of nitrogen functional groups attached to an aromatic ring is 1. The van der Waals surface area contributed by atoms with Crippen LogP contribution in [-0.2, 0) is 13.6 Å². The Morgan fingerprint density at radius 2 is 2.05 bits per heavy atom. The fraction of sp³-hybridized carbons (Fsp3) is 0.308. The number of halogens is 2. The quantitative estimate of drug-likeness (QED) is 0.415. The van der Waals surface area contributed by atoms with Crippen molar-refractivity contribution in [3.05, 3.63) is 43.0 Å². The van der Waals surface area contributed by atoms with Crippen molar-refractivity contribution in [1.29, 1.82) is 0 Å². The molecular formula is C13H20Cl2N4. The van der Waals surface area contributed by atoms with E-state index in [9.17, 15) is 0 Å². The van der Waals surface area contributed by atoms with E-state index in [1.807, 2.05) is 42.1 Å². The van der Waals surface area contributed by atoms with Gasteiger partial charge >= 0.3 is 0 Å². The first kappa shape index (κ1) is 17.6. The molecule has 0 saturated heterocycles. The van der Waals surface area contributed by atoms with E-state index in [0.29, 0.717) is 0 Å². The molecule has 6 heteroatoms. The van der Waals surface area contributed by atoms with Gasteiger partial charge in [-0.2, -0.15) is 0 Å². The predicted octanol–water partition coefficient (Wildman–Crippen LogP) is -1.18. The Balaban J connectivity index is 0.00000162. The predicted molar refractivity (Wildman–Crippen MR) is 76.8 cm³/mol. The summed E-state index contributed by atoms with van der Waals surface area (Å²) in [5.41, 5.74) is 7.67. The minimum atomic E-state index is 0. The third kappa shape index (κ3) is 5.41. The number of nitrogens with zero attached hydrogens (tertiary/aromatic N) is 2.